The van der Waals surface area contributed by atoms with Crippen LogP contribution in [0.5, 0.6) is 0 Å². The molecule has 2 aromatic carbocycles. The van der Waals surface area contributed by atoms with E-state index >= 15 is 0 Å². The first-order valence-corrected chi connectivity index (χ1v) is 6.45. The van der Waals surface area contributed by atoms with Crippen LogP contribution in [0.3, 0.4) is 0 Å². The van der Waals surface area contributed by atoms with E-state index in [1.54, 1.807) is 12.1 Å². The van der Waals surface area contributed by atoms with E-state index in [1.165, 1.54) is 18.3 Å². The Balaban J connectivity index is 1.91. The first kappa shape index (κ1) is 14.6. The first-order chi connectivity index (χ1) is 10.1. The highest BCUT2D eigenvalue weighted by Gasteiger charge is 2.03. The molecular formula is C14H12N4O2S. The Bertz CT molecular complexity index is 674. The number of anilines is 1. The Hall–Kier alpha value is -2.80. The highest BCUT2D eigenvalue weighted by molar-refractivity contribution is 7.80. The average Bonchev–Trinajstić information content (AvgIpc) is 2.48. The minimum absolute atomic E-state index is 0.0175. The van der Waals surface area contributed by atoms with Crippen molar-refractivity contribution < 1.29 is 4.92 Å². The van der Waals surface area contributed by atoms with E-state index in [0.29, 0.717) is 10.7 Å². The lowest BCUT2D eigenvalue weighted by Crippen LogP contribution is -2.23. The number of hydrogen-bond acceptors (Lipinski definition) is 4. The molecule has 0 radical (unpaired) electrons. The molecule has 0 aliphatic heterocycles. The van der Waals surface area contributed by atoms with E-state index in [2.05, 4.69) is 15.8 Å². The first-order valence-electron chi connectivity index (χ1n) is 6.05. The molecule has 0 atom stereocenters. The Labute approximate surface area is 126 Å². The molecule has 0 bridgehead atoms. The van der Waals surface area contributed by atoms with Gasteiger partial charge in [-0.15, -0.1) is 0 Å². The van der Waals surface area contributed by atoms with Crippen molar-refractivity contribution in [2.75, 3.05) is 5.32 Å². The topological polar surface area (TPSA) is 79.6 Å². The van der Waals surface area contributed by atoms with Crippen molar-refractivity contribution in [3.63, 3.8) is 0 Å². The number of nitro benzene ring substituents is 1. The summed E-state index contributed by atoms with van der Waals surface area (Å²) in [5.74, 6) is 0. The number of non-ortho nitro benzene ring substituents is 1. The highest BCUT2D eigenvalue weighted by Crippen LogP contribution is 2.11. The molecule has 6 nitrogen and oxygen atoms in total. The van der Waals surface area contributed by atoms with Gasteiger partial charge < -0.3 is 5.32 Å². The fourth-order valence-corrected chi connectivity index (χ4v) is 1.74. The lowest BCUT2D eigenvalue weighted by atomic mass is 10.2. The summed E-state index contributed by atoms with van der Waals surface area (Å²) in [6.45, 7) is 0. The number of hydrogen-bond donors (Lipinski definition) is 2. The van der Waals surface area contributed by atoms with Gasteiger partial charge in [0.25, 0.3) is 5.69 Å². The Kier molecular flexibility index (Phi) is 4.94. The van der Waals surface area contributed by atoms with Crippen LogP contribution in [0.4, 0.5) is 11.4 Å². The average molecular weight is 300 g/mol. The van der Waals surface area contributed by atoms with Gasteiger partial charge in [0, 0.05) is 23.4 Å². The molecule has 2 rings (SSSR count). The molecule has 2 N–H and O–H groups in total. The minimum atomic E-state index is -0.452. The third kappa shape index (κ3) is 4.66. The fraction of sp³-hybridized carbons (Fsp3) is 0. The zero-order valence-corrected chi connectivity index (χ0v) is 11.7. The van der Waals surface area contributed by atoms with Crippen molar-refractivity contribution in [3.05, 3.63) is 70.3 Å². The largest absolute Gasteiger partial charge is 0.331 e. The van der Waals surface area contributed by atoms with Crippen molar-refractivity contribution in [3.8, 4) is 0 Å². The van der Waals surface area contributed by atoms with E-state index in [1.807, 2.05) is 30.3 Å². The SMILES string of the molecule is O=[N+]([O-])c1cccc(/C=N\NC(=S)Nc2ccccc2)c1. The molecular weight excluding hydrogens is 288 g/mol. The van der Waals surface area contributed by atoms with Crippen molar-refractivity contribution in [2.24, 2.45) is 5.10 Å². The minimum Gasteiger partial charge on any atom is -0.331 e. The second-order valence-corrected chi connectivity index (χ2v) is 4.45. The summed E-state index contributed by atoms with van der Waals surface area (Å²) >= 11 is 5.07. The van der Waals surface area contributed by atoms with Crippen LogP contribution in [0.15, 0.2) is 59.7 Å². The molecule has 0 heterocycles. The van der Waals surface area contributed by atoms with Gasteiger partial charge in [0.05, 0.1) is 11.1 Å². The second kappa shape index (κ2) is 7.11. The van der Waals surface area contributed by atoms with Gasteiger partial charge >= 0.3 is 0 Å². The van der Waals surface area contributed by atoms with Gasteiger partial charge in [-0.05, 0) is 24.4 Å². The van der Waals surface area contributed by atoms with Crippen LogP contribution >= 0.6 is 12.2 Å². The standard InChI is InChI=1S/C14H12N4O2S/c19-18(20)13-8-4-5-11(9-13)10-15-17-14(21)16-12-6-2-1-3-7-12/h1-10H,(H2,16,17,21)/b15-10-. The summed E-state index contributed by atoms with van der Waals surface area (Å²) in [4.78, 5) is 10.2. The number of nitrogens with zero attached hydrogens (tertiary/aromatic N) is 2. The van der Waals surface area contributed by atoms with Gasteiger partial charge in [-0.3, -0.25) is 15.5 Å². The van der Waals surface area contributed by atoms with Crippen LogP contribution in [0.25, 0.3) is 0 Å². The van der Waals surface area contributed by atoms with Gasteiger partial charge in [0.2, 0.25) is 0 Å². The molecule has 7 heteroatoms. The lowest BCUT2D eigenvalue weighted by molar-refractivity contribution is -0.384. The van der Waals surface area contributed by atoms with Crippen LogP contribution in [-0.2, 0) is 0 Å². The van der Waals surface area contributed by atoms with Crippen LogP contribution in [0.1, 0.15) is 5.56 Å². The molecule has 0 unspecified atom stereocenters. The van der Waals surface area contributed by atoms with Crippen LogP contribution in [0, 0.1) is 10.1 Å². The van der Waals surface area contributed by atoms with Crippen LogP contribution in [0.2, 0.25) is 0 Å². The maximum atomic E-state index is 10.7. The number of nitrogens with one attached hydrogen (secondary N) is 2. The van der Waals surface area contributed by atoms with Gasteiger partial charge in [-0.2, -0.15) is 5.10 Å². The number of nitro groups is 1. The zero-order chi connectivity index (χ0) is 15.1. The number of rotatable bonds is 4. The maximum Gasteiger partial charge on any atom is 0.270 e. The smallest absolute Gasteiger partial charge is 0.270 e. The molecule has 0 aliphatic carbocycles. The van der Waals surface area contributed by atoms with Crippen molar-refractivity contribution in [1.82, 2.24) is 5.43 Å². The summed E-state index contributed by atoms with van der Waals surface area (Å²) in [5.41, 5.74) is 4.12. The van der Waals surface area contributed by atoms with E-state index in [0.717, 1.165) is 5.69 Å². The molecule has 0 amide bonds. The number of hydrazone groups is 1. The van der Waals surface area contributed by atoms with E-state index < -0.39 is 4.92 Å². The summed E-state index contributed by atoms with van der Waals surface area (Å²) in [5, 5.41) is 17.9. The lowest BCUT2D eigenvalue weighted by Gasteiger charge is -2.06. The molecule has 0 aromatic heterocycles. The molecule has 106 valence electrons. The number of benzene rings is 2. The number of thiocarbonyl (C=S) groups is 1. The third-order valence-electron chi connectivity index (χ3n) is 2.49. The second-order valence-electron chi connectivity index (χ2n) is 4.04. The summed E-state index contributed by atoms with van der Waals surface area (Å²) in [6, 6.07) is 15.6. The quantitative estimate of drug-likeness (QED) is 0.393. The molecule has 21 heavy (non-hydrogen) atoms. The van der Waals surface area contributed by atoms with Crippen molar-refractivity contribution in [2.45, 2.75) is 0 Å². The zero-order valence-electron chi connectivity index (χ0n) is 10.9. The normalized spacial score (nSPS) is 10.3. The number of para-hydroxylation sites is 1. The van der Waals surface area contributed by atoms with Crippen LogP contribution < -0.4 is 10.7 Å². The van der Waals surface area contributed by atoms with E-state index in [-0.39, 0.29) is 5.69 Å². The van der Waals surface area contributed by atoms with E-state index in [4.69, 9.17) is 12.2 Å². The molecule has 0 fully saturated rings. The fourth-order valence-electron chi connectivity index (χ4n) is 1.56. The molecule has 0 saturated carbocycles. The van der Waals surface area contributed by atoms with Gasteiger partial charge in [0.1, 0.15) is 0 Å². The molecule has 2 aromatic rings. The van der Waals surface area contributed by atoms with Gasteiger partial charge in [0.15, 0.2) is 5.11 Å². The Morgan fingerprint density at radius 2 is 1.95 bits per heavy atom. The Morgan fingerprint density at radius 3 is 2.67 bits per heavy atom. The van der Waals surface area contributed by atoms with Crippen molar-refractivity contribution >= 4 is 34.9 Å². The van der Waals surface area contributed by atoms with Crippen molar-refractivity contribution in [1.29, 1.82) is 0 Å². The highest BCUT2D eigenvalue weighted by atomic mass is 32.1. The molecule has 0 saturated heterocycles. The van der Waals surface area contributed by atoms with Gasteiger partial charge in [-0.1, -0.05) is 30.3 Å². The summed E-state index contributed by atoms with van der Waals surface area (Å²) in [6.07, 6.45) is 1.46. The van der Waals surface area contributed by atoms with E-state index in [9.17, 15) is 10.1 Å². The predicted molar refractivity (Wildman–Crippen MR) is 86.5 cm³/mol. The summed E-state index contributed by atoms with van der Waals surface area (Å²) < 4.78 is 0. The monoisotopic (exact) mass is 300 g/mol. The molecule has 0 spiro atoms. The maximum absolute atomic E-state index is 10.7. The predicted octanol–water partition coefficient (Wildman–Crippen LogP) is 2.92. The third-order valence-corrected chi connectivity index (χ3v) is 2.69. The Morgan fingerprint density at radius 1 is 1.19 bits per heavy atom. The van der Waals surface area contributed by atoms with Gasteiger partial charge in [-0.25, -0.2) is 0 Å². The summed E-state index contributed by atoms with van der Waals surface area (Å²) in [7, 11) is 0. The van der Waals surface area contributed by atoms with Crippen LogP contribution in [-0.4, -0.2) is 16.3 Å². The molecule has 0 aliphatic rings.